The third kappa shape index (κ3) is 5.29. The Labute approximate surface area is 94.0 Å². The SMILES string of the molecule is O=C(O)c1cn(CCOCCC(F)(F)F)nn1. The van der Waals surface area contributed by atoms with E-state index in [1.807, 2.05) is 0 Å². The lowest BCUT2D eigenvalue weighted by molar-refractivity contribution is -0.145. The van der Waals surface area contributed by atoms with Gasteiger partial charge >= 0.3 is 12.1 Å². The smallest absolute Gasteiger partial charge is 0.391 e. The number of aromatic carboxylic acids is 1. The van der Waals surface area contributed by atoms with Gasteiger partial charge in [0.15, 0.2) is 5.69 Å². The number of hydrogen-bond acceptors (Lipinski definition) is 4. The van der Waals surface area contributed by atoms with Crippen LogP contribution in [0.25, 0.3) is 0 Å². The van der Waals surface area contributed by atoms with Crippen molar-refractivity contribution in [2.45, 2.75) is 19.1 Å². The van der Waals surface area contributed by atoms with E-state index < -0.39 is 25.2 Å². The first-order chi connectivity index (χ1) is 7.88. The molecule has 1 aromatic rings. The molecule has 0 aliphatic carbocycles. The maximum Gasteiger partial charge on any atom is 0.391 e. The third-order valence-electron chi connectivity index (χ3n) is 1.75. The number of halogens is 3. The van der Waals surface area contributed by atoms with E-state index in [0.717, 1.165) is 0 Å². The predicted octanol–water partition coefficient (Wildman–Crippen LogP) is 0.945. The number of hydrogen-bond donors (Lipinski definition) is 1. The summed E-state index contributed by atoms with van der Waals surface area (Å²) in [5.41, 5.74) is -0.222. The maximum atomic E-state index is 11.7. The highest BCUT2D eigenvalue weighted by molar-refractivity contribution is 5.84. The van der Waals surface area contributed by atoms with Gasteiger partial charge in [-0.05, 0) is 0 Å². The molecule has 9 heteroatoms. The summed E-state index contributed by atoms with van der Waals surface area (Å²) in [5, 5.41) is 15.3. The van der Waals surface area contributed by atoms with Crippen molar-refractivity contribution < 1.29 is 27.8 Å². The Morgan fingerprint density at radius 1 is 1.47 bits per heavy atom. The van der Waals surface area contributed by atoms with Gasteiger partial charge in [0.1, 0.15) is 0 Å². The second kappa shape index (κ2) is 5.62. The number of nitrogens with zero attached hydrogens (tertiary/aromatic N) is 3. The first-order valence-corrected chi connectivity index (χ1v) is 4.66. The molecule has 0 atom stereocenters. The maximum absolute atomic E-state index is 11.7. The molecular formula is C8H10F3N3O3. The van der Waals surface area contributed by atoms with Crippen molar-refractivity contribution in [3.05, 3.63) is 11.9 Å². The molecule has 17 heavy (non-hydrogen) atoms. The minimum atomic E-state index is -4.23. The number of rotatable bonds is 6. The Balaban J connectivity index is 2.20. The standard InChI is InChI=1S/C8H10F3N3O3/c9-8(10,11)1-3-17-4-2-14-5-6(7(15)16)12-13-14/h5H,1-4H2,(H,15,16). The largest absolute Gasteiger partial charge is 0.476 e. The summed E-state index contributed by atoms with van der Waals surface area (Å²) >= 11 is 0. The van der Waals surface area contributed by atoms with Crippen molar-refractivity contribution in [1.29, 1.82) is 0 Å². The Morgan fingerprint density at radius 2 is 2.18 bits per heavy atom. The van der Waals surface area contributed by atoms with Crippen molar-refractivity contribution in [3.63, 3.8) is 0 Å². The Kier molecular flexibility index (Phi) is 4.44. The molecule has 0 saturated heterocycles. The number of ether oxygens (including phenoxy) is 1. The van der Waals surface area contributed by atoms with Gasteiger partial charge in [-0.2, -0.15) is 13.2 Å². The zero-order valence-electron chi connectivity index (χ0n) is 8.65. The zero-order valence-corrected chi connectivity index (χ0v) is 8.65. The van der Waals surface area contributed by atoms with Crippen molar-refractivity contribution in [2.24, 2.45) is 0 Å². The van der Waals surface area contributed by atoms with E-state index in [-0.39, 0.29) is 18.8 Å². The van der Waals surface area contributed by atoms with Gasteiger partial charge in [0, 0.05) is 0 Å². The average Bonchev–Trinajstić information content (AvgIpc) is 2.64. The molecule has 0 aliphatic heterocycles. The summed E-state index contributed by atoms with van der Waals surface area (Å²) in [7, 11) is 0. The molecular weight excluding hydrogens is 243 g/mol. The fourth-order valence-electron chi connectivity index (χ4n) is 0.954. The van der Waals surface area contributed by atoms with Crippen LogP contribution in [0.2, 0.25) is 0 Å². The highest BCUT2D eigenvalue weighted by Crippen LogP contribution is 2.18. The van der Waals surface area contributed by atoms with E-state index in [0.29, 0.717) is 0 Å². The van der Waals surface area contributed by atoms with Crippen LogP contribution in [-0.4, -0.2) is 45.5 Å². The quantitative estimate of drug-likeness (QED) is 0.763. The molecule has 0 saturated carbocycles. The highest BCUT2D eigenvalue weighted by Gasteiger charge is 2.26. The van der Waals surface area contributed by atoms with Crippen molar-refractivity contribution in [3.8, 4) is 0 Å². The van der Waals surface area contributed by atoms with Crippen molar-refractivity contribution in [1.82, 2.24) is 15.0 Å². The number of carbonyl (C=O) groups is 1. The van der Waals surface area contributed by atoms with Crippen LogP contribution >= 0.6 is 0 Å². The lowest BCUT2D eigenvalue weighted by Crippen LogP contribution is -2.14. The van der Waals surface area contributed by atoms with Crippen molar-refractivity contribution in [2.75, 3.05) is 13.2 Å². The molecule has 0 aliphatic rings. The van der Waals surface area contributed by atoms with Gasteiger partial charge in [0.2, 0.25) is 0 Å². The van der Waals surface area contributed by atoms with Crippen LogP contribution in [0.1, 0.15) is 16.9 Å². The van der Waals surface area contributed by atoms with Gasteiger partial charge in [-0.25, -0.2) is 9.48 Å². The topological polar surface area (TPSA) is 77.2 Å². The molecule has 1 heterocycles. The van der Waals surface area contributed by atoms with E-state index in [4.69, 9.17) is 9.84 Å². The molecule has 0 aromatic carbocycles. The molecule has 0 fully saturated rings. The summed E-state index contributed by atoms with van der Waals surface area (Å²) in [6, 6.07) is 0. The molecule has 96 valence electrons. The van der Waals surface area contributed by atoms with Crippen LogP contribution in [0, 0.1) is 0 Å². The monoisotopic (exact) mass is 253 g/mol. The Bertz CT molecular complexity index is 378. The molecule has 1 aromatic heterocycles. The number of carboxylic acid groups (broad SMARTS) is 1. The van der Waals surface area contributed by atoms with E-state index >= 15 is 0 Å². The van der Waals surface area contributed by atoms with Crippen LogP contribution in [0.3, 0.4) is 0 Å². The Hall–Kier alpha value is -1.64. The van der Waals surface area contributed by atoms with Gasteiger partial charge in [-0.15, -0.1) is 5.10 Å². The van der Waals surface area contributed by atoms with E-state index in [9.17, 15) is 18.0 Å². The van der Waals surface area contributed by atoms with Crippen LogP contribution in [0.4, 0.5) is 13.2 Å². The molecule has 0 unspecified atom stereocenters. The molecule has 0 spiro atoms. The second-order valence-electron chi connectivity index (χ2n) is 3.15. The zero-order chi connectivity index (χ0) is 12.9. The molecule has 1 rings (SSSR count). The van der Waals surface area contributed by atoms with E-state index in [1.54, 1.807) is 0 Å². The van der Waals surface area contributed by atoms with Crippen LogP contribution in [0.15, 0.2) is 6.20 Å². The predicted molar refractivity (Wildman–Crippen MR) is 48.5 cm³/mol. The number of alkyl halides is 3. The summed E-state index contributed by atoms with van der Waals surface area (Å²) < 4.78 is 41.1. The minimum absolute atomic E-state index is 0.0124. The first-order valence-electron chi connectivity index (χ1n) is 4.66. The van der Waals surface area contributed by atoms with Crippen LogP contribution < -0.4 is 0 Å². The summed E-state index contributed by atoms with van der Waals surface area (Å²) in [6.45, 7) is -0.263. The fourth-order valence-corrected chi connectivity index (χ4v) is 0.954. The lowest BCUT2D eigenvalue weighted by atomic mass is 10.4. The minimum Gasteiger partial charge on any atom is -0.476 e. The third-order valence-corrected chi connectivity index (χ3v) is 1.75. The van der Waals surface area contributed by atoms with Crippen LogP contribution in [-0.2, 0) is 11.3 Å². The van der Waals surface area contributed by atoms with Gasteiger partial charge in [-0.3, -0.25) is 0 Å². The molecule has 0 bridgehead atoms. The molecule has 0 radical (unpaired) electrons. The summed E-state index contributed by atoms with van der Waals surface area (Å²) in [4.78, 5) is 10.4. The second-order valence-corrected chi connectivity index (χ2v) is 3.15. The lowest BCUT2D eigenvalue weighted by Gasteiger charge is -2.06. The average molecular weight is 253 g/mol. The molecule has 6 nitrogen and oxygen atoms in total. The summed E-state index contributed by atoms with van der Waals surface area (Å²) in [5.74, 6) is -1.21. The molecule has 1 N–H and O–H groups in total. The van der Waals surface area contributed by atoms with Gasteiger partial charge < -0.3 is 9.84 Å². The molecule has 0 amide bonds. The Morgan fingerprint density at radius 3 is 2.71 bits per heavy atom. The number of aromatic nitrogens is 3. The van der Waals surface area contributed by atoms with Gasteiger partial charge in [-0.1, -0.05) is 5.21 Å². The van der Waals surface area contributed by atoms with Crippen LogP contribution in [0.5, 0.6) is 0 Å². The normalized spacial score (nSPS) is 11.7. The van der Waals surface area contributed by atoms with E-state index in [1.165, 1.54) is 10.9 Å². The van der Waals surface area contributed by atoms with E-state index in [2.05, 4.69) is 10.3 Å². The first kappa shape index (κ1) is 13.4. The fraction of sp³-hybridized carbons (Fsp3) is 0.625. The van der Waals surface area contributed by atoms with Gasteiger partial charge in [0.25, 0.3) is 0 Å². The van der Waals surface area contributed by atoms with Gasteiger partial charge in [0.05, 0.1) is 32.4 Å². The summed E-state index contributed by atoms with van der Waals surface area (Å²) in [6.07, 6.45) is -4.07. The van der Waals surface area contributed by atoms with Crippen molar-refractivity contribution >= 4 is 5.97 Å². The number of carboxylic acids is 1. The highest BCUT2D eigenvalue weighted by atomic mass is 19.4.